The molecule has 5 heteroatoms. The van der Waals surface area contributed by atoms with Crippen molar-refractivity contribution in [3.8, 4) is 11.8 Å². The van der Waals surface area contributed by atoms with Gasteiger partial charge in [-0.1, -0.05) is 35.7 Å². The molecule has 1 heterocycles. The standard InChI is InChI=1S/C21H14N2O2S/c1-22-18-4-2-3-5-20(18)26-21-14-16(10-13-19(21)22)7-6-15-8-11-17(12-9-15)23(24)25/h2-5,8-14H,1H3. The molecule has 0 N–H and O–H groups in total. The third kappa shape index (κ3) is 3.03. The number of benzene rings is 3. The summed E-state index contributed by atoms with van der Waals surface area (Å²) in [5.41, 5.74) is 4.11. The van der Waals surface area contributed by atoms with Crippen LogP contribution in [0.4, 0.5) is 17.1 Å². The minimum Gasteiger partial charge on any atom is -0.343 e. The molecule has 126 valence electrons. The van der Waals surface area contributed by atoms with Gasteiger partial charge in [0.15, 0.2) is 0 Å². The summed E-state index contributed by atoms with van der Waals surface area (Å²) in [6.45, 7) is 0. The number of hydrogen-bond acceptors (Lipinski definition) is 4. The lowest BCUT2D eigenvalue weighted by molar-refractivity contribution is -0.384. The first-order valence-corrected chi connectivity index (χ1v) is 8.84. The van der Waals surface area contributed by atoms with E-state index in [1.807, 2.05) is 18.2 Å². The molecule has 3 aromatic carbocycles. The van der Waals surface area contributed by atoms with Crippen molar-refractivity contribution in [2.45, 2.75) is 9.79 Å². The monoisotopic (exact) mass is 358 g/mol. The van der Waals surface area contributed by atoms with Crippen LogP contribution in [-0.2, 0) is 0 Å². The number of hydrogen-bond donors (Lipinski definition) is 0. The van der Waals surface area contributed by atoms with E-state index in [-0.39, 0.29) is 5.69 Å². The normalized spacial score (nSPS) is 11.8. The Labute approximate surface area is 155 Å². The van der Waals surface area contributed by atoms with E-state index >= 15 is 0 Å². The van der Waals surface area contributed by atoms with Crippen LogP contribution in [0, 0.1) is 22.0 Å². The van der Waals surface area contributed by atoms with E-state index in [0.717, 1.165) is 16.8 Å². The van der Waals surface area contributed by atoms with Crippen LogP contribution in [0.15, 0.2) is 76.5 Å². The van der Waals surface area contributed by atoms with Crippen LogP contribution < -0.4 is 4.90 Å². The van der Waals surface area contributed by atoms with Crippen molar-refractivity contribution >= 4 is 28.8 Å². The molecule has 1 aliphatic heterocycles. The van der Waals surface area contributed by atoms with Crippen LogP contribution in [0.2, 0.25) is 0 Å². The molecule has 0 aliphatic carbocycles. The summed E-state index contributed by atoms with van der Waals surface area (Å²) >= 11 is 1.74. The van der Waals surface area contributed by atoms with Gasteiger partial charge in [0.05, 0.1) is 16.3 Å². The molecule has 4 nitrogen and oxygen atoms in total. The van der Waals surface area contributed by atoms with Crippen LogP contribution in [-0.4, -0.2) is 12.0 Å². The van der Waals surface area contributed by atoms with Gasteiger partial charge in [0, 0.05) is 40.1 Å². The summed E-state index contributed by atoms with van der Waals surface area (Å²) in [7, 11) is 2.07. The van der Waals surface area contributed by atoms with Gasteiger partial charge in [0.25, 0.3) is 5.69 Å². The summed E-state index contributed by atoms with van der Waals surface area (Å²) in [6.07, 6.45) is 0. The molecule has 0 saturated carbocycles. The van der Waals surface area contributed by atoms with E-state index in [0.29, 0.717) is 0 Å². The second-order valence-corrected chi connectivity index (χ2v) is 6.95. The van der Waals surface area contributed by atoms with Crippen LogP contribution in [0.5, 0.6) is 0 Å². The molecular weight excluding hydrogens is 344 g/mol. The van der Waals surface area contributed by atoms with Crippen molar-refractivity contribution in [2.75, 3.05) is 11.9 Å². The molecule has 0 fully saturated rings. The summed E-state index contributed by atoms with van der Waals surface area (Å²) in [4.78, 5) is 14.9. The van der Waals surface area contributed by atoms with Gasteiger partial charge >= 0.3 is 0 Å². The number of nitro benzene ring substituents is 1. The Hall–Kier alpha value is -3.23. The fourth-order valence-corrected chi connectivity index (χ4v) is 4.02. The number of rotatable bonds is 1. The minimum atomic E-state index is -0.410. The quantitative estimate of drug-likeness (QED) is 0.340. The maximum absolute atomic E-state index is 10.7. The molecule has 26 heavy (non-hydrogen) atoms. The summed E-state index contributed by atoms with van der Waals surface area (Å²) < 4.78 is 0. The van der Waals surface area contributed by atoms with Crippen molar-refractivity contribution in [1.82, 2.24) is 0 Å². The van der Waals surface area contributed by atoms with E-state index in [2.05, 4.69) is 48.1 Å². The molecule has 1 aliphatic rings. The number of nitrogens with zero attached hydrogens (tertiary/aromatic N) is 2. The zero-order chi connectivity index (χ0) is 18.1. The average Bonchev–Trinajstić information content (AvgIpc) is 2.66. The first-order valence-electron chi connectivity index (χ1n) is 8.03. The summed E-state index contributed by atoms with van der Waals surface area (Å²) in [6, 6.07) is 20.8. The highest BCUT2D eigenvalue weighted by Gasteiger charge is 2.20. The Morgan fingerprint density at radius 2 is 1.54 bits per heavy atom. The van der Waals surface area contributed by atoms with E-state index < -0.39 is 4.92 Å². The highest BCUT2D eigenvalue weighted by molar-refractivity contribution is 7.99. The highest BCUT2D eigenvalue weighted by Crippen LogP contribution is 2.47. The van der Waals surface area contributed by atoms with Gasteiger partial charge in [-0.15, -0.1) is 0 Å². The second-order valence-electron chi connectivity index (χ2n) is 5.87. The van der Waals surface area contributed by atoms with Crippen molar-refractivity contribution in [1.29, 1.82) is 0 Å². The molecular formula is C21H14N2O2S. The third-order valence-electron chi connectivity index (χ3n) is 4.20. The Balaban J connectivity index is 1.62. The summed E-state index contributed by atoms with van der Waals surface area (Å²) in [5, 5.41) is 10.7. The van der Waals surface area contributed by atoms with Crippen molar-refractivity contribution in [3.05, 3.63) is 88.0 Å². The fourth-order valence-electron chi connectivity index (χ4n) is 2.83. The molecule has 0 saturated heterocycles. The van der Waals surface area contributed by atoms with Gasteiger partial charge in [0.1, 0.15) is 0 Å². The van der Waals surface area contributed by atoms with Gasteiger partial charge < -0.3 is 4.90 Å². The second kappa shape index (κ2) is 6.58. The molecule has 4 rings (SSSR count). The molecule has 0 radical (unpaired) electrons. The molecule has 0 aromatic heterocycles. The smallest absolute Gasteiger partial charge is 0.269 e. The Bertz CT molecular complexity index is 1070. The molecule has 0 unspecified atom stereocenters. The lowest BCUT2D eigenvalue weighted by Crippen LogP contribution is -2.14. The van der Waals surface area contributed by atoms with Gasteiger partial charge in [-0.3, -0.25) is 10.1 Å². The summed E-state index contributed by atoms with van der Waals surface area (Å²) in [5.74, 6) is 6.22. The van der Waals surface area contributed by atoms with Crippen LogP contribution >= 0.6 is 11.8 Å². The third-order valence-corrected chi connectivity index (χ3v) is 5.31. The molecule has 0 amide bonds. The Morgan fingerprint density at radius 3 is 2.31 bits per heavy atom. The topological polar surface area (TPSA) is 46.4 Å². The van der Waals surface area contributed by atoms with Crippen LogP contribution in [0.3, 0.4) is 0 Å². The first kappa shape index (κ1) is 16.2. The molecule has 0 atom stereocenters. The minimum absolute atomic E-state index is 0.0717. The van der Waals surface area contributed by atoms with Crippen molar-refractivity contribution in [2.24, 2.45) is 0 Å². The predicted octanol–water partition coefficient (Wildman–Crippen LogP) is 5.23. The number of anilines is 2. The van der Waals surface area contributed by atoms with Gasteiger partial charge in [-0.25, -0.2) is 0 Å². The zero-order valence-electron chi connectivity index (χ0n) is 14.0. The van der Waals surface area contributed by atoms with E-state index in [1.165, 1.54) is 27.6 Å². The lowest BCUT2D eigenvalue weighted by atomic mass is 10.1. The predicted molar refractivity (Wildman–Crippen MR) is 104 cm³/mol. The Kier molecular flexibility index (Phi) is 4.11. The SMILES string of the molecule is CN1c2ccccc2Sc2cc(C#Cc3ccc([N+](=O)[O-])cc3)ccc21. The number of fused-ring (bicyclic) bond motifs is 2. The van der Waals surface area contributed by atoms with Gasteiger partial charge in [-0.05, 0) is 42.5 Å². The molecule has 3 aromatic rings. The first-order chi connectivity index (χ1) is 12.6. The number of non-ortho nitro benzene ring substituents is 1. The van der Waals surface area contributed by atoms with E-state index in [1.54, 1.807) is 23.9 Å². The number of nitro groups is 1. The maximum Gasteiger partial charge on any atom is 0.269 e. The zero-order valence-corrected chi connectivity index (χ0v) is 14.8. The largest absolute Gasteiger partial charge is 0.343 e. The van der Waals surface area contributed by atoms with Crippen molar-refractivity contribution in [3.63, 3.8) is 0 Å². The maximum atomic E-state index is 10.7. The average molecular weight is 358 g/mol. The van der Waals surface area contributed by atoms with Crippen LogP contribution in [0.25, 0.3) is 0 Å². The molecule has 0 bridgehead atoms. The van der Waals surface area contributed by atoms with E-state index in [9.17, 15) is 10.1 Å². The lowest BCUT2D eigenvalue weighted by Gasteiger charge is -2.29. The highest BCUT2D eigenvalue weighted by atomic mass is 32.2. The van der Waals surface area contributed by atoms with Gasteiger partial charge in [-0.2, -0.15) is 0 Å². The Morgan fingerprint density at radius 1 is 0.885 bits per heavy atom. The van der Waals surface area contributed by atoms with E-state index in [4.69, 9.17) is 0 Å². The van der Waals surface area contributed by atoms with Gasteiger partial charge in [0.2, 0.25) is 0 Å². The van der Waals surface area contributed by atoms with Crippen LogP contribution in [0.1, 0.15) is 11.1 Å². The number of para-hydroxylation sites is 1. The fraction of sp³-hybridized carbons (Fsp3) is 0.0476. The van der Waals surface area contributed by atoms with Crippen molar-refractivity contribution < 1.29 is 4.92 Å². The molecule has 0 spiro atoms.